The molecule has 3 N–H and O–H groups in total. The molecule has 9 heteroatoms. The summed E-state index contributed by atoms with van der Waals surface area (Å²) in [6.45, 7) is 3.70. The molecular weight excluding hydrogens is 370 g/mol. The normalized spacial score (nSPS) is 9.83. The van der Waals surface area contributed by atoms with E-state index in [1.165, 1.54) is 7.05 Å². The molecule has 2 amide bonds. The topological polar surface area (TPSA) is 114 Å². The van der Waals surface area contributed by atoms with Gasteiger partial charge in [0.05, 0.1) is 17.7 Å². The number of rotatable bonds is 3. The minimum atomic E-state index is -0.665. The van der Waals surface area contributed by atoms with E-state index < -0.39 is 12.0 Å². The largest absolute Gasteiger partial charge is 0.450 e. The van der Waals surface area contributed by atoms with Crippen LogP contribution in [-0.2, 0) is 4.74 Å². The molecule has 0 atom stereocenters. The second-order valence-corrected chi connectivity index (χ2v) is 4.99. The lowest BCUT2D eigenvalue weighted by Gasteiger charge is -2.05. The molecule has 0 radical (unpaired) electrons. The molecule has 0 aromatic carbocycles. The van der Waals surface area contributed by atoms with Crippen LogP contribution in [0.3, 0.4) is 0 Å². The van der Waals surface area contributed by atoms with Gasteiger partial charge in [-0.1, -0.05) is 0 Å². The van der Waals surface area contributed by atoms with E-state index in [1.54, 1.807) is 19.9 Å². The zero-order valence-corrected chi connectivity index (χ0v) is 14.8. The summed E-state index contributed by atoms with van der Waals surface area (Å²) >= 11 is 3.36. The maximum absolute atomic E-state index is 11.9. The molecular formula is C14H18BrN3O5. The molecule has 0 saturated heterocycles. The van der Waals surface area contributed by atoms with Crippen LogP contribution in [0.5, 0.6) is 0 Å². The molecule has 0 spiro atoms. The lowest BCUT2D eigenvalue weighted by molar-refractivity contribution is 0.0938. The van der Waals surface area contributed by atoms with Crippen LogP contribution in [0.4, 0.5) is 10.5 Å². The minimum absolute atomic E-state index is 0.0226. The van der Waals surface area contributed by atoms with Crippen LogP contribution in [0.1, 0.15) is 23.2 Å². The van der Waals surface area contributed by atoms with Gasteiger partial charge < -0.3 is 19.6 Å². The van der Waals surface area contributed by atoms with E-state index in [0.717, 1.165) is 11.6 Å². The summed E-state index contributed by atoms with van der Waals surface area (Å²) in [6.07, 6.45) is -0.665. The second kappa shape index (κ2) is 8.49. The van der Waals surface area contributed by atoms with Gasteiger partial charge in [-0.3, -0.25) is 10.1 Å². The highest BCUT2D eigenvalue weighted by Crippen LogP contribution is 2.33. The Bertz CT molecular complexity index is 714. The van der Waals surface area contributed by atoms with Crippen LogP contribution in [0.25, 0.3) is 11.1 Å². The van der Waals surface area contributed by atoms with Crippen LogP contribution in [0, 0.1) is 6.92 Å². The number of carbonyl (C=O) groups excluding carboxylic acids is 2. The maximum Gasteiger partial charge on any atom is 0.411 e. The van der Waals surface area contributed by atoms with Crippen molar-refractivity contribution in [2.45, 2.75) is 13.8 Å². The first-order chi connectivity index (χ1) is 11.0. The molecule has 2 aromatic rings. The SMILES string of the molecule is CCOC(=O)Nc1c(C(=O)NC)oc2nc(C)c(Br)cc12.CO. The Labute approximate surface area is 141 Å². The van der Waals surface area contributed by atoms with Gasteiger partial charge in [-0.05, 0) is 35.8 Å². The Balaban J connectivity index is 0.00000127. The van der Waals surface area contributed by atoms with E-state index in [2.05, 4.69) is 31.5 Å². The fourth-order valence-corrected chi connectivity index (χ4v) is 2.07. The standard InChI is InChI=1S/C13H14BrN3O4.CH4O/c1-4-20-13(19)17-9-7-5-8(14)6(2)16-12(7)21-10(9)11(18)15-3;1-2/h5H,4H2,1-3H3,(H,15,18)(H,17,19);2H,1H3. The molecule has 8 nitrogen and oxygen atoms in total. The Kier molecular flexibility index (Phi) is 6.98. The zero-order chi connectivity index (χ0) is 17.6. The molecule has 0 bridgehead atoms. The van der Waals surface area contributed by atoms with Gasteiger partial charge in [0, 0.05) is 18.6 Å². The highest BCUT2D eigenvalue weighted by atomic mass is 79.9. The fourth-order valence-electron chi connectivity index (χ4n) is 1.75. The van der Waals surface area contributed by atoms with E-state index in [9.17, 15) is 9.59 Å². The van der Waals surface area contributed by atoms with E-state index in [4.69, 9.17) is 14.3 Å². The van der Waals surface area contributed by atoms with Crippen LogP contribution in [0.2, 0.25) is 0 Å². The molecule has 2 rings (SSSR count). The summed E-state index contributed by atoms with van der Waals surface area (Å²) in [5.41, 5.74) is 1.21. The molecule has 126 valence electrons. The van der Waals surface area contributed by atoms with Gasteiger partial charge >= 0.3 is 6.09 Å². The molecule has 0 fully saturated rings. The summed E-state index contributed by atoms with van der Waals surface area (Å²) < 4.78 is 11.0. The first-order valence-corrected chi connectivity index (χ1v) is 7.47. The molecule has 0 aliphatic carbocycles. The van der Waals surface area contributed by atoms with Crippen molar-refractivity contribution >= 4 is 44.7 Å². The van der Waals surface area contributed by atoms with Gasteiger partial charge in [0.15, 0.2) is 0 Å². The minimum Gasteiger partial charge on any atom is -0.450 e. The molecule has 0 unspecified atom stereocenters. The summed E-state index contributed by atoms with van der Waals surface area (Å²) in [4.78, 5) is 27.7. The average molecular weight is 388 g/mol. The molecule has 2 heterocycles. The van der Waals surface area contributed by atoms with E-state index in [-0.39, 0.29) is 23.8 Å². The number of halogens is 1. The number of aliphatic hydroxyl groups is 1. The predicted molar refractivity (Wildman–Crippen MR) is 88.6 cm³/mol. The first kappa shape index (κ1) is 18.9. The highest BCUT2D eigenvalue weighted by Gasteiger charge is 2.23. The quantitative estimate of drug-likeness (QED) is 0.744. The third-order valence-electron chi connectivity index (χ3n) is 2.75. The van der Waals surface area contributed by atoms with Crippen LogP contribution in [-0.4, -0.2) is 42.9 Å². The van der Waals surface area contributed by atoms with E-state index in [0.29, 0.717) is 11.1 Å². The van der Waals surface area contributed by atoms with Crippen molar-refractivity contribution in [3.8, 4) is 0 Å². The molecule has 23 heavy (non-hydrogen) atoms. The van der Waals surface area contributed by atoms with Gasteiger partial charge in [0.25, 0.3) is 5.91 Å². The van der Waals surface area contributed by atoms with Crippen LogP contribution >= 0.6 is 15.9 Å². The number of carbonyl (C=O) groups is 2. The number of amides is 2. The van der Waals surface area contributed by atoms with Crippen molar-refractivity contribution in [2.75, 3.05) is 26.1 Å². The number of hydrogen-bond acceptors (Lipinski definition) is 6. The number of anilines is 1. The smallest absolute Gasteiger partial charge is 0.411 e. The molecule has 0 saturated carbocycles. The third-order valence-corrected chi connectivity index (χ3v) is 3.55. The highest BCUT2D eigenvalue weighted by molar-refractivity contribution is 9.10. The second-order valence-electron chi connectivity index (χ2n) is 4.14. The Morgan fingerprint density at radius 3 is 2.65 bits per heavy atom. The monoisotopic (exact) mass is 387 g/mol. The number of pyridine rings is 1. The van der Waals surface area contributed by atoms with Gasteiger partial charge in [-0.2, -0.15) is 0 Å². The van der Waals surface area contributed by atoms with Crippen molar-refractivity contribution in [3.63, 3.8) is 0 Å². The number of ether oxygens (including phenoxy) is 1. The summed E-state index contributed by atoms with van der Waals surface area (Å²) in [5.74, 6) is -0.487. The van der Waals surface area contributed by atoms with Crippen molar-refractivity contribution in [1.82, 2.24) is 10.3 Å². The number of aryl methyl sites for hydroxylation is 1. The molecule has 0 aliphatic heterocycles. The van der Waals surface area contributed by atoms with Gasteiger partial charge in [0.2, 0.25) is 11.5 Å². The fraction of sp³-hybridized carbons (Fsp3) is 0.357. The van der Waals surface area contributed by atoms with Gasteiger partial charge in [0.1, 0.15) is 5.69 Å². The predicted octanol–water partition coefficient (Wildman–Crippen LogP) is 2.44. The summed E-state index contributed by atoms with van der Waals surface area (Å²) in [7, 11) is 2.47. The Morgan fingerprint density at radius 2 is 2.09 bits per heavy atom. The zero-order valence-electron chi connectivity index (χ0n) is 13.2. The van der Waals surface area contributed by atoms with Crippen molar-refractivity contribution in [2.24, 2.45) is 0 Å². The van der Waals surface area contributed by atoms with E-state index in [1.807, 2.05) is 0 Å². The van der Waals surface area contributed by atoms with Gasteiger partial charge in [-0.25, -0.2) is 9.78 Å². The molecule has 0 aliphatic rings. The third kappa shape index (κ3) is 4.20. The van der Waals surface area contributed by atoms with Gasteiger partial charge in [-0.15, -0.1) is 0 Å². The maximum atomic E-state index is 11.9. The summed E-state index contributed by atoms with van der Waals surface area (Å²) in [6, 6.07) is 1.73. The van der Waals surface area contributed by atoms with E-state index >= 15 is 0 Å². The number of aromatic nitrogens is 1. The van der Waals surface area contributed by atoms with Crippen molar-refractivity contribution < 1.29 is 23.8 Å². The number of fused-ring (bicyclic) bond motifs is 1. The number of aliphatic hydroxyl groups excluding tert-OH is 1. The molecule has 2 aromatic heterocycles. The van der Waals surface area contributed by atoms with Crippen molar-refractivity contribution in [3.05, 3.63) is 22.0 Å². The van der Waals surface area contributed by atoms with Crippen LogP contribution in [0.15, 0.2) is 15.0 Å². The number of nitrogens with zero attached hydrogens (tertiary/aromatic N) is 1. The Morgan fingerprint density at radius 1 is 1.43 bits per heavy atom. The average Bonchev–Trinajstić information content (AvgIpc) is 2.87. The van der Waals surface area contributed by atoms with Crippen molar-refractivity contribution in [1.29, 1.82) is 0 Å². The first-order valence-electron chi connectivity index (χ1n) is 6.68. The Hall–Kier alpha value is -2.13. The number of nitrogens with one attached hydrogen (secondary N) is 2. The lowest BCUT2D eigenvalue weighted by atomic mass is 10.2. The summed E-state index contributed by atoms with van der Waals surface area (Å²) in [5, 5.41) is 12.5. The number of hydrogen-bond donors (Lipinski definition) is 3. The lowest BCUT2D eigenvalue weighted by Crippen LogP contribution is -2.20. The number of furan rings is 1. The van der Waals surface area contributed by atoms with Crippen LogP contribution < -0.4 is 10.6 Å².